The quantitative estimate of drug-likeness (QED) is 0.758. The summed E-state index contributed by atoms with van der Waals surface area (Å²) in [5.41, 5.74) is 2.20. The Balaban J connectivity index is 1.75. The molecule has 0 bridgehead atoms. The Morgan fingerprint density at radius 3 is 2.94 bits per heavy atom. The molecule has 0 radical (unpaired) electrons. The number of para-hydroxylation sites is 1. The summed E-state index contributed by atoms with van der Waals surface area (Å²) in [4.78, 5) is 0. The van der Waals surface area contributed by atoms with Crippen molar-refractivity contribution in [3.8, 4) is 0 Å². The molecule has 0 aliphatic heterocycles. The van der Waals surface area contributed by atoms with E-state index in [1.54, 1.807) is 6.20 Å². The van der Waals surface area contributed by atoms with Crippen LogP contribution in [0, 0.1) is 0 Å². The molecule has 0 saturated heterocycles. The lowest BCUT2D eigenvalue weighted by molar-refractivity contribution is 0.372. The number of benzene rings is 1. The van der Waals surface area contributed by atoms with E-state index in [-0.39, 0.29) is 0 Å². The van der Waals surface area contributed by atoms with Crippen LogP contribution in [-0.4, -0.2) is 14.9 Å². The Morgan fingerprint density at radius 2 is 2.11 bits per heavy atom. The van der Waals surface area contributed by atoms with Crippen molar-refractivity contribution in [1.29, 1.82) is 0 Å². The van der Waals surface area contributed by atoms with E-state index in [0.29, 0.717) is 13.1 Å². The third kappa shape index (κ3) is 2.00. The van der Waals surface area contributed by atoms with E-state index in [1.807, 2.05) is 29.9 Å². The van der Waals surface area contributed by atoms with Gasteiger partial charge in [-0.05, 0) is 6.07 Å². The number of hydrogen-bond donors (Lipinski definition) is 1. The summed E-state index contributed by atoms with van der Waals surface area (Å²) in [5.74, 6) is 0.829. The number of aromatic nitrogens is 3. The normalized spacial score (nSPS) is 11.2. The molecule has 0 spiro atoms. The van der Waals surface area contributed by atoms with Crippen LogP contribution < -0.4 is 5.32 Å². The second kappa shape index (κ2) is 4.62. The number of nitrogens with zero attached hydrogens (tertiary/aromatic N) is 3. The van der Waals surface area contributed by atoms with Crippen LogP contribution in [0.5, 0.6) is 0 Å². The fourth-order valence-electron chi connectivity index (χ4n) is 2.06. The van der Waals surface area contributed by atoms with Crippen molar-refractivity contribution in [1.82, 2.24) is 20.3 Å². The van der Waals surface area contributed by atoms with E-state index >= 15 is 0 Å². The Morgan fingerprint density at radius 1 is 1.22 bits per heavy atom. The molecule has 92 valence electrons. The van der Waals surface area contributed by atoms with Crippen molar-refractivity contribution in [2.75, 3.05) is 0 Å². The van der Waals surface area contributed by atoms with Gasteiger partial charge in [0.25, 0.3) is 0 Å². The van der Waals surface area contributed by atoms with Gasteiger partial charge in [-0.25, -0.2) is 0 Å². The predicted molar refractivity (Wildman–Crippen MR) is 67.8 cm³/mol. The van der Waals surface area contributed by atoms with Crippen LogP contribution in [0.4, 0.5) is 0 Å². The summed E-state index contributed by atoms with van der Waals surface area (Å²) >= 11 is 0. The van der Waals surface area contributed by atoms with Gasteiger partial charge < -0.3 is 9.84 Å². The van der Waals surface area contributed by atoms with Gasteiger partial charge >= 0.3 is 0 Å². The van der Waals surface area contributed by atoms with Crippen LogP contribution in [0.2, 0.25) is 0 Å². The van der Waals surface area contributed by atoms with Crippen LogP contribution >= 0.6 is 0 Å². The Kier molecular flexibility index (Phi) is 2.82. The maximum absolute atomic E-state index is 5.03. The molecule has 3 rings (SSSR count). The van der Waals surface area contributed by atoms with Gasteiger partial charge in [-0.3, -0.25) is 4.68 Å². The monoisotopic (exact) mass is 242 g/mol. The Labute approximate surface area is 104 Å². The van der Waals surface area contributed by atoms with Crippen LogP contribution in [-0.2, 0) is 20.1 Å². The zero-order chi connectivity index (χ0) is 12.4. The molecule has 1 N–H and O–H groups in total. The van der Waals surface area contributed by atoms with E-state index in [9.17, 15) is 0 Å². The highest BCUT2D eigenvalue weighted by molar-refractivity contribution is 5.81. The average Bonchev–Trinajstić information content (AvgIpc) is 3.00. The SMILES string of the molecule is Cn1nc(CNCc2ccno2)c2ccccc21. The van der Waals surface area contributed by atoms with Gasteiger partial charge in [0, 0.05) is 25.0 Å². The highest BCUT2D eigenvalue weighted by Crippen LogP contribution is 2.17. The van der Waals surface area contributed by atoms with Gasteiger partial charge in [0.1, 0.15) is 5.76 Å². The molecule has 2 heterocycles. The van der Waals surface area contributed by atoms with E-state index in [2.05, 4.69) is 27.7 Å². The topological polar surface area (TPSA) is 55.9 Å². The van der Waals surface area contributed by atoms with Gasteiger partial charge in [-0.2, -0.15) is 5.10 Å². The molecule has 0 unspecified atom stereocenters. The van der Waals surface area contributed by atoms with Crippen LogP contribution in [0.3, 0.4) is 0 Å². The molecule has 1 aromatic carbocycles. The van der Waals surface area contributed by atoms with Crippen molar-refractivity contribution in [2.24, 2.45) is 7.05 Å². The molecule has 0 saturated carbocycles. The van der Waals surface area contributed by atoms with Crippen molar-refractivity contribution in [3.63, 3.8) is 0 Å². The fraction of sp³-hybridized carbons (Fsp3) is 0.231. The molecular formula is C13H14N4O. The fourth-order valence-corrected chi connectivity index (χ4v) is 2.06. The summed E-state index contributed by atoms with van der Waals surface area (Å²) in [6.07, 6.45) is 1.65. The third-order valence-electron chi connectivity index (χ3n) is 2.92. The summed E-state index contributed by atoms with van der Waals surface area (Å²) in [7, 11) is 1.96. The van der Waals surface area contributed by atoms with Gasteiger partial charge in [-0.1, -0.05) is 23.4 Å². The lowest BCUT2D eigenvalue weighted by Gasteiger charge is -1.99. The molecule has 2 aromatic heterocycles. The molecule has 5 nitrogen and oxygen atoms in total. The highest BCUT2D eigenvalue weighted by Gasteiger charge is 2.07. The first-order valence-electron chi connectivity index (χ1n) is 5.85. The van der Waals surface area contributed by atoms with E-state index in [0.717, 1.165) is 17.0 Å². The molecule has 3 aromatic rings. The zero-order valence-corrected chi connectivity index (χ0v) is 10.1. The van der Waals surface area contributed by atoms with Crippen molar-refractivity contribution in [3.05, 3.63) is 48.0 Å². The molecular weight excluding hydrogens is 228 g/mol. The molecule has 18 heavy (non-hydrogen) atoms. The van der Waals surface area contributed by atoms with Gasteiger partial charge in [-0.15, -0.1) is 0 Å². The minimum absolute atomic E-state index is 0.658. The van der Waals surface area contributed by atoms with Crippen molar-refractivity contribution in [2.45, 2.75) is 13.1 Å². The standard InChI is InChI=1S/C13H14N4O/c1-17-13-5-3-2-4-11(13)12(16-17)9-14-8-10-6-7-15-18-10/h2-7,14H,8-9H2,1H3. The number of hydrogen-bond acceptors (Lipinski definition) is 4. The largest absolute Gasteiger partial charge is 0.360 e. The molecule has 0 fully saturated rings. The number of fused-ring (bicyclic) bond motifs is 1. The third-order valence-corrected chi connectivity index (χ3v) is 2.92. The molecule has 0 atom stereocenters. The maximum atomic E-state index is 5.03. The van der Waals surface area contributed by atoms with Gasteiger partial charge in [0.05, 0.1) is 24.0 Å². The lowest BCUT2D eigenvalue weighted by Crippen LogP contribution is -2.13. The number of aryl methyl sites for hydroxylation is 1. The zero-order valence-electron chi connectivity index (χ0n) is 10.1. The number of nitrogens with one attached hydrogen (secondary N) is 1. The first-order valence-corrected chi connectivity index (χ1v) is 5.85. The van der Waals surface area contributed by atoms with E-state index in [4.69, 9.17) is 4.52 Å². The summed E-state index contributed by atoms with van der Waals surface area (Å²) < 4.78 is 6.93. The summed E-state index contributed by atoms with van der Waals surface area (Å²) in [6.45, 7) is 1.37. The first-order chi connectivity index (χ1) is 8.84. The minimum Gasteiger partial charge on any atom is -0.360 e. The maximum Gasteiger partial charge on any atom is 0.150 e. The van der Waals surface area contributed by atoms with E-state index < -0.39 is 0 Å². The summed E-state index contributed by atoms with van der Waals surface area (Å²) in [6, 6.07) is 10.1. The molecule has 0 aliphatic rings. The van der Waals surface area contributed by atoms with E-state index in [1.165, 1.54) is 5.39 Å². The number of rotatable bonds is 4. The molecule has 5 heteroatoms. The lowest BCUT2D eigenvalue weighted by atomic mass is 10.2. The van der Waals surface area contributed by atoms with Crippen LogP contribution in [0.25, 0.3) is 10.9 Å². The first kappa shape index (κ1) is 11.0. The highest BCUT2D eigenvalue weighted by atomic mass is 16.5. The van der Waals surface area contributed by atoms with Crippen LogP contribution in [0.1, 0.15) is 11.5 Å². The minimum atomic E-state index is 0.658. The smallest absolute Gasteiger partial charge is 0.150 e. The Hall–Kier alpha value is -2.14. The second-order valence-corrected chi connectivity index (χ2v) is 4.17. The van der Waals surface area contributed by atoms with Crippen molar-refractivity contribution >= 4 is 10.9 Å². The van der Waals surface area contributed by atoms with Gasteiger partial charge in [0.15, 0.2) is 0 Å². The second-order valence-electron chi connectivity index (χ2n) is 4.17. The van der Waals surface area contributed by atoms with Crippen LogP contribution in [0.15, 0.2) is 41.1 Å². The molecule has 0 amide bonds. The average molecular weight is 242 g/mol. The molecule has 0 aliphatic carbocycles. The predicted octanol–water partition coefficient (Wildman–Crippen LogP) is 1.85. The summed E-state index contributed by atoms with van der Waals surface area (Å²) in [5, 5.41) is 12.7. The van der Waals surface area contributed by atoms with Crippen molar-refractivity contribution < 1.29 is 4.52 Å². The Bertz CT molecular complexity index is 642. The van der Waals surface area contributed by atoms with Gasteiger partial charge in [0.2, 0.25) is 0 Å².